The summed E-state index contributed by atoms with van der Waals surface area (Å²) in [5, 5.41) is 0. The van der Waals surface area contributed by atoms with Gasteiger partial charge in [0.25, 0.3) is 0 Å². The minimum atomic E-state index is 0. The molecule has 4 heavy (non-hydrogen) atoms. The fraction of sp³-hybridized carbons (Fsp3) is 0. The van der Waals surface area contributed by atoms with Gasteiger partial charge in [-0.3, -0.25) is 0 Å². The summed E-state index contributed by atoms with van der Waals surface area (Å²) in [5.41, 5.74) is 0. The SMILES string of the molecule is [Co].[Ni].[P].[W]. The van der Waals surface area contributed by atoms with E-state index in [0.29, 0.717) is 0 Å². The fourth-order valence-electron chi connectivity index (χ4n) is 0. The van der Waals surface area contributed by atoms with Crippen molar-refractivity contribution in [2.75, 3.05) is 0 Å². The van der Waals surface area contributed by atoms with E-state index >= 15 is 0 Å². The molecule has 0 aromatic heterocycles. The van der Waals surface area contributed by atoms with Crippen LogP contribution in [0, 0.1) is 0 Å². The van der Waals surface area contributed by atoms with Crippen LogP contribution in [0.3, 0.4) is 0 Å². The van der Waals surface area contributed by atoms with Gasteiger partial charge in [-0.15, -0.1) is 0 Å². The number of rotatable bonds is 0. The van der Waals surface area contributed by atoms with E-state index in [1.165, 1.54) is 0 Å². The van der Waals surface area contributed by atoms with Crippen molar-refractivity contribution < 1.29 is 54.3 Å². The first-order chi connectivity index (χ1) is 0. The summed E-state index contributed by atoms with van der Waals surface area (Å²) in [5.74, 6) is 0. The van der Waals surface area contributed by atoms with E-state index in [0.717, 1.165) is 0 Å². The van der Waals surface area contributed by atoms with Crippen molar-refractivity contribution in [1.82, 2.24) is 0 Å². The van der Waals surface area contributed by atoms with Crippen molar-refractivity contribution in [3.63, 3.8) is 0 Å². The molecule has 0 heterocycles. The number of hydrogen-bond donors (Lipinski definition) is 0. The summed E-state index contributed by atoms with van der Waals surface area (Å²) in [7, 11) is 0. The first-order valence-corrected chi connectivity index (χ1v) is 0. The standard InChI is InChI=1S/Co.Ni.P.W. The Labute approximate surface area is 63.9 Å². The zero-order valence-corrected chi connectivity index (χ0v) is 7.36. The third kappa shape index (κ3) is 8.92. The molecule has 0 aliphatic carbocycles. The molecule has 0 saturated carbocycles. The molecule has 0 N–H and O–H groups in total. The summed E-state index contributed by atoms with van der Waals surface area (Å²) < 4.78 is 0. The van der Waals surface area contributed by atoms with Crippen LogP contribution < -0.4 is 0 Å². The van der Waals surface area contributed by atoms with E-state index in [9.17, 15) is 0 Å². The monoisotopic (exact) mass is 332 g/mol. The molecule has 0 unspecified atom stereocenters. The Hall–Kier alpha value is 2.12. The maximum atomic E-state index is 0. The van der Waals surface area contributed by atoms with Gasteiger partial charge in [0.1, 0.15) is 0 Å². The summed E-state index contributed by atoms with van der Waals surface area (Å²) >= 11 is 0. The zero-order chi connectivity index (χ0) is 0. The second kappa shape index (κ2) is 19.3. The van der Waals surface area contributed by atoms with Crippen molar-refractivity contribution in [2.24, 2.45) is 0 Å². The van der Waals surface area contributed by atoms with Crippen LogP contribution in [0.1, 0.15) is 0 Å². The molecule has 4 heteroatoms. The average Bonchev–Trinajstić information content (AvgIpc) is 0. The van der Waals surface area contributed by atoms with Gasteiger partial charge >= 0.3 is 0 Å². The molecule has 0 rings (SSSR count). The van der Waals surface area contributed by atoms with Crippen LogP contribution in [-0.2, 0) is 54.3 Å². The minimum Gasteiger partial charge on any atom is 0 e. The van der Waals surface area contributed by atoms with Gasteiger partial charge in [0.05, 0.1) is 0 Å². The van der Waals surface area contributed by atoms with Crippen LogP contribution >= 0.6 is 9.90 Å². The molecule has 0 bridgehead atoms. The Balaban J connectivity index is 0. The van der Waals surface area contributed by atoms with Crippen molar-refractivity contribution in [3.05, 3.63) is 0 Å². The molecule has 0 amide bonds. The zero-order valence-electron chi connectivity index (χ0n) is 1.51. The summed E-state index contributed by atoms with van der Waals surface area (Å²) in [6.07, 6.45) is 0. The van der Waals surface area contributed by atoms with E-state index in [1.807, 2.05) is 0 Å². The Kier molecular flexibility index (Phi) is 173. The second-order valence-electron chi connectivity index (χ2n) is 0. The fourth-order valence-corrected chi connectivity index (χ4v) is 0. The Bertz CT molecular complexity index is 8.00. The van der Waals surface area contributed by atoms with Crippen LogP contribution in [-0.4, -0.2) is 0 Å². The molecule has 4 radical (unpaired) electrons. The summed E-state index contributed by atoms with van der Waals surface area (Å²) in [6, 6.07) is 0. The molecular formula is CoNiPW. The Morgan fingerprint density at radius 1 is 1.00 bits per heavy atom. The second-order valence-corrected chi connectivity index (χ2v) is 0. The van der Waals surface area contributed by atoms with Gasteiger partial charge in [0.15, 0.2) is 0 Å². The number of hydrogen-bond acceptors (Lipinski definition) is 0. The maximum absolute atomic E-state index is 0. The van der Waals surface area contributed by atoms with Crippen LogP contribution in [0.4, 0.5) is 0 Å². The third-order valence-electron chi connectivity index (χ3n) is 0. The smallest absolute Gasteiger partial charge is 0 e. The molecule has 0 aliphatic heterocycles. The Morgan fingerprint density at radius 3 is 1.00 bits per heavy atom. The van der Waals surface area contributed by atoms with Gasteiger partial charge in [0.2, 0.25) is 0 Å². The van der Waals surface area contributed by atoms with Gasteiger partial charge in [-0.2, -0.15) is 0 Å². The topological polar surface area (TPSA) is 0 Å². The molecule has 0 aliphatic rings. The maximum Gasteiger partial charge on any atom is 0 e. The quantitative estimate of drug-likeness (QED) is 0.456. The molecule has 0 saturated heterocycles. The van der Waals surface area contributed by atoms with Gasteiger partial charge < -0.3 is 0 Å². The molecule has 30 valence electrons. The van der Waals surface area contributed by atoms with Crippen LogP contribution in [0.15, 0.2) is 0 Å². The largest absolute Gasteiger partial charge is 0 e. The molecule has 0 aromatic carbocycles. The van der Waals surface area contributed by atoms with Gasteiger partial charge in [-0.05, 0) is 0 Å². The minimum absolute atomic E-state index is 0. The molecular weight excluding hydrogens is 332 g/mol. The van der Waals surface area contributed by atoms with E-state index in [4.69, 9.17) is 0 Å². The van der Waals surface area contributed by atoms with Gasteiger partial charge in [-0.25, -0.2) is 0 Å². The van der Waals surface area contributed by atoms with Gasteiger partial charge in [0, 0.05) is 64.2 Å². The van der Waals surface area contributed by atoms with Crippen molar-refractivity contribution in [3.8, 4) is 0 Å². The average molecular weight is 332 g/mol. The normalized spacial score (nSPS) is 0. The van der Waals surface area contributed by atoms with Crippen molar-refractivity contribution in [1.29, 1.82) is 0 Å². The van der Waals surface area contributed by atoms with Crippen molar-refractivity contribution >= 4 is 9.90 Å². The molecule has 0 spiro atoms. The first kappa shape index (κ1) is 35.7. The first-order valence-electron chi connectivity index (χ1n) is 0. The van der Waals surface area contributed by atoms with E-state index in [1.54, 1.807) is 0 Å². The van der Waals surface area contributed by atoms with E-state index < -0.39 is 0 Å². The van der Waals surface area contributed by atoms with E-state index in [2.05, 4.69) is 0 Å². The molecule has 0 nitrogen and oxygen atoms in total. The van der Waals surface area contributed by atoms with Crippen LogP contribution in [0.5, 0.6) is 0 Å². The summed E-state index contributed by atoms with van der Waals surface area (Å²) in [6.45, 7) is 0. The molecule has 0 aromatic rings. The Morgan fingerprint density at radius 2 is 1.00 bits per heavy atom. The predicted molar refractivity (Wildman–Crippen MR) is 6.92 cm³/mol. The van der Waals surface area contributed by atoms with Gasteiger partial charge in [-0.1, -0.05) is 0 Å². The van der Waals surface area contributed by atoms with Crippen LogP contribution in [0.25, 0.3) is 0 Å². The predicted octanol–water partition coefficient (Wildman–Crippen LogP) is 0.854. The summed E-state index contributed by atoms with van der Waals surface area (Å²) in [4.78, 5) is 0. The molecule has 0 fully saturated rings. The van der Waals surface area contributed by atoms with Crippen molar-refractivity contribution in [2.45, 2.75) is 0 Å². The van der Waals surface area contributed by atoms with Crippen LogP contribution in [0.2, 0.25) is 0 Å². The van der Waals surface area contributed by atoms with E-state index in [-0.39, 0.29) is 64.2 Å². The molecule has 0 atom stereocenters. The third-order valence-corrected chi connectivity index (χ3v) is 0.